The van der Waals surface area contributed by atoms with E-state index in [-0.39, 0.29) is 5.82 Å². The Morgan fingerprint density at radius 1 is 1.05 bits per heavy atom. The number of rotatable bonds is 3. The van der Waals surface area contributed by atoms with Crippen molar-refractivity contribution in [3.63, 3.8) is 0 Å². The van der Waals surface area contributed by atoms with Crippen molar-refractivity contribution in [2.24, 2.45) is 0 Å². The van der Waals surface area contributed by atoms with E-state index in [9.17, 15) is 4.39 Å². The van der Waals surface area contributed by atoms with Crippen molar-refractivity contribution in [3.05, 3.63) is 60.4 Å². The molecule has 2 nitrogen and oxygen atoms in total. The Morgan fingerprint density at radius 3 is 2.60 bits per heavy atom. The maximum atomic E-state index is 13.4. The molecule has 3 aromatic rings. The largest absolute Gasteiger partial charge is 0.385 e. The van der Waals surface area contributed by atoms with E-state index in [2.05, 4.69) is 10.3 Å². The summed E-state index contributed by atoms with van der Waals surface area (Å²) in [5, 5.41) is 4.26. The van der Waals surface area contributed by atoms with Crippen LogP contribution >= 0.6 is 0 Å². The molecule has 0 saturated carbocycles. The molecule has 0 radical (unpaired) electrons. The molecular weight excluding hydrogens is 251 g/mol. The molecule has 0 fully saturated rings. The summed E-state index contributed by atoms with van der Waals surface area (Å²) in [4.78, 5) is 4.57. The molecule has 0 saturated heterocycles. The van der Waals surface area contributed by atoms with E-state index in [0.717, 1.165) is 28.9 Å². The first-order valence-electron chi connectivity index (χ1n) is 6.67. The predicted octanol–water partition coefficient (Wildman–Crippen LogP) is 4.47. The van der Waals surface area contributed by atoms with Gasteiger partial charge in [-0.05, 0) is 25.1 Å². The Morgan fingerprint density at radius 2 is 1.85 bits per heavy atom. The number of hydrogen-bond donors (Lipinski definition) is 1. The zero-order valence-electron chi connectivity index (χ0n) is 11.2. The van der Waals surface area contributed by atoms with Gasteiger partial charge in [0.15, 0.2) is 0 Å². The van der Waals surface area contributed by atoms with Crippen LogP contribution in [0.1, 0.15) is 6.92 Å². The van der Waals surface area contributed by atoms with Gasteiger partial charge in [0.1, 0.15) is 5.82 Å². The number of hydrogen-bond acceptors (Lipinski definition) is 2. The van der Waals surface area contributed by atoms with Gasteiger partial charge in [-0.15, -0.1) is 0 Å². The van der Waals surface area contributed by atoms with E-state index in [0.29, 0.717) is 5.52 Å². The monoisotopic (exact) mass is 266 g/mol. The number of fused-ring (bicyclic) bond motifs is 1. The molecule has 100 valence electrons. The van der Waals surface area contributed by atoms with Gasteiger partial charge >= 0.3 is 0 Å². The molecule has 0 aliphatic heterocycles. The van der Waals surface area contributed by atoms with E-state index in [4.69, 9.17) is 0 Å². The second-order valence-corrected chi connectivity index (χ2v) is 4.61. The number of nitrogens with zero attached hydrogens (tertiary/aromatic N) is 1. The van der Waals surface area contributed by atoms with Gasteiger partial charge in [-0.3, -0.25) is 0 Å². The Bertz CT molecular complexity index is 739. The van der Waals surface area contributed by atoms with Gasteiger partial charge in [0, 0.05) is 29.2 Å². The summed E-state index contributed by atoms with van der Waals surface area (Å²) < 4.78 is 13.4. The van der Waals surface area contributed by atoms with Crippen LogP contribution in [0.2, 0.25) is 0 Å². The molecule has 0 aliphatic carbocycles. The first kappa shape index (κ1) is 12.6. The maximum absolute atomic E-state index is 13.4. The van der Waals surface area contributed by atoms with Gasteiger partial charge in [-0.2, -0.15) is 0 Å². The van der Waals surface area contributed by atoms with Gasteiger partial charge in [0.25, 0.3) is 0 Å². The molecule has 0 bridgehead atoms. The van der Waals surface area contributed by atoms with Crippen LogP contribution in [0.4, 0.5) is 10.1 Å². The van der Waals surface area contributed by atoms with E-state index >= 15 is 0 Å². The standard InChI is InChI=1S/C17H15FN2/c1-2-19-16-11-15(12-6-4-3-5-7-12)20-17-10-13(18)8-9-14(16)17/h3-11H,2H2,1H3,(H,19,20). The molecule has 0 unspecified atom stereocenters. The van der Waals surface area contributed by atoms with E-state index in [1.54, 1.807) is 6.07 Å². The first-order valence-corrected chi connectivity index (χ1v) is 6.67. The molecule has 1 N–H and O–H groups in total. The molecule has 0 amide bonds. The summed E-state index contributed by atoms with van der Waals surface area (Å²) in [5.74, 6) is -0.266. The van der Waals surface area contributed by atoms with Gasteiger partial charge in [0.2, 0.25) is 0 Å². The number of aromatic nitrogens is 1. The van der Waals surface area contributed by atoms with Gasteiger partial charge in [-0.25, -0.2) is 9.37 Å². The molecule has 2 aromatic carbocycles. The molecular formula is C17H15FN2. The molecule has 1 heterocycles. The average molecular weight is 266 g/mol. The average Bonchev–Trinajstić information content (AvgIpc) is 2.48. The number of nitrogens with one attached hydrogen (secondary N) is 1. The molecule has 3 rings (SSSR count). The van der Waals surface area contributed by atoms with Crippen LogP contribution in [-0.2, 0) is 0 Å². The molecule has 3 heteroatoms. The third-order valence-electron chi connectivity index (χ3n) is 3.21. The molecule has 0 spiro atoms. The van der Waals surface area contributed by atoms with Gasteiger partial charge in [0.05, 0.1) is 11.2 Å². The van der Waals surface area contributed by atoms with Gasteiger partial charge < -0.3 is 5.32 Å². The van der Waals surface area contributed by atoms with Crippen molar-refractivity contribution in [1.29, 1.82) is 0 Å². The third kappa shape index (κ3) is 2.35. The Balaban J connectivity index is 2.24. The molecule has 0 aliphatic rings. The van der Waals surface area contributed by atoms with Crippen LogP contribution in [0.15, 0.2) is 54.6 Å². The summed E-state index contributed by atoms with van der Waals surface area (Å²) >= 11 is 0. The van der Waals surface area contributed by atoms with Crippen molar-refractivity contribution in [2.75, 3.05) is 11.9 Å². The van der Waals surface area contributed by atoms with E-state index in [1.807, 2.05) is 43.3 Å². The third-order valence-corrected chi connectivity index (χ3v) is 3.21. The van der Waals surface area contributed by atoms with Crippen molar-refractivity contribution >= 4 is 16.6 Å². The zero-order chi connectivity index (χ0) is 13.9. The van der Waals surface area contributed by atoms with Gasteiger partial charge in [-0.1, -0.05) is 30.3 Å². The summed E-state index contributed by atoms with van der Waals surface area (Å²) in [6.07, 6.45) is 0. The summed E-state index contributed by atoms with van der Waals surface area (Å²) in [6, 6.07) is 16.6. The minimum atomic E-state index is -0.266. The van der Waals surface area contributed by atoms with Crippen molar-refractivity contribution in [2.45, 2.75) is 6.92 Å². The number of halogens is 1. The molecule has 0 atom stereocenters. The van der Waals surface area contributed by atoms with E-state index < -0.39 is 0 Å². The Hall–Kier alpha value is -2.42. The number of pyridine rings is 1. The number of benzene rings is 2. The molecule has 1 aromatic heterocycles. The Labute approximate surface area is 117 Å². The highest BCUT2D eigenvalue weighted by Crippen LogP contribution is 2.28. The fourth-order valence-electron chi connectivity index (χ4n) is 2.30. The fourth-order valence-corrected chi connectivity index (χ4v) is 2.30. The van der Waals surface area contributed by atoms with Crippen LogP contribution in [0.25, 0.3) is 22.2 Å². The highest BCUT2D eigenvalue weighted by Gasteiger charge is 2.07. The van der Waals surface area contributed by atoms with Crippen molar-refractivity contribution in [3.8, 4) is 11.3 Å². The van der Waals surface area contributed by atoms with E-state index in [1.165, 1.54) is 12.1 Å². The topological polar surface area (TPSA) is 24.9 Å². The zero-order valence-corrected chi connectivity index (χ0v) is 11.2. The lowest BCUT2D eigenvalue weighted by Gasteiger charge is -2.11. The van der Waals surface area contributed by atoms with Crippen LogP contribution in [0.5, 0.6) is 0 Å². The summed E-state index contributed by atoms with van der Waals surface area (Å²) in [7, 11) is 0. The quantitative estimate of drug-likeness (QED) is 0.756. The van der Waals surface area contributed by atoms with Crippen LogP contribution in [0.3, 0.4) is 0 Å². The fraction of sp³-hybridized carbons (Fsp3) is 0.118. The van der Waals surface area contributed by atoms with Crippen LogP contribution < -0.4 is 5.32 Å². The minimum absolute atomic E-state index is 0.266. The normalized spacial score (nSPS) is 10.7. The lowest BCUT2D eigenvalue weighted by atomic mass is 10.1. The summed E-state index contributed by atoms with van der Waals surface area (Å²) in [6.45, 7) is 2.85. The Kier molecular flexibility index (Phi) is 3.33. The second-order valence-electron chi connectivity index (χ2n) is 4.61. The first-order chi connectivity index (χ1) is 9.78. The lowest BCUT2D eigenvalue weighted by molar-refractivity contribution is 0.629. The summed E-state index contributed by atoms with van der Waals surface area (Å²) in [5.41, 5.74) is 3.52. The van der Waals surface area contributed by atoms with Crippen LogP contribution in [-0.4, -0.2) is 11.5 Å². The maximum Gasteiger partial charge on any atom is 0.125 e. The second kappa shape index (κ2) is 5.29. The SMILES string of the molecule is CCNc1cc(-c2ccccc2)nc2cc(F)ccc12. The highest BCUT2D eigenvalue weighted by atomic mass is 19.1. The number of anilines is 1. The lowest BCUT2D eigenvalue weighted by Crippen LogP contribution is -1.99. The minimum Gasteiger partial charge on any atom is -0.385 e. The smallest absolute Gasteiger partial charge is 0.125 e. The van der Waals surface area contributed by atoms with Crippen LogP contribution in [0, 0.1) is 5.82 Å². The highest BCUT2D eigenvalue weighted by molar-refractivity contribution is 5.93. The molecule has 20 heavy (non-hydrogen) atoms. The van der Waals surface area contributed by atoms with Crippen molar-refractivity contribution in [1.82, 2.24) is 4.98 Å². The van der Waals surface area contributed by atoms with Crippen molar-refractivity contribution < 1.29 is 4.39 Å². The predicted molar refractivity (Wildman–Crippen MR) is 81.3 cm³/mol.